The summed E-state index contributed by atoms with van der Waals surface area (Å²) in [4.78, 5) is 23.5. The fourth-order valence-corrected chi connectivity index (χ4v) is 1.41. The highest BCUT2D eigenvalue weighted by molar-refractivity contribution is 6.32. The van der Waals surface area contributed by atoms with E-state index in [1.54, 1.807) is 0 Å². The van der Waals surface area contributed by atoms with Crippen molar-refractivity contribution in [1.82, 2.24) is 0 Å². The van der Waals surface area contributed by atoms with Crippen molar-refractivity contribution in [3.8, 4) is 5.75 Å². The number of amides is 2. The van der Waals surface area contributed by atoms with Gasteiger partial charge >= 0.3 is 0 Å². The minimum atomic E-state index is -0.429. The van der Waals surface area contributed by atoms with Crippen LogP contribution in [0.15, 0.2) is 30.4 Å². The first-order chi connectivity index (χ1) is 7.09. The minimum Gasteiger partial charge on any atom is -0.506 e. The fraction of sp³-hybridized carbons (Fsp3) is 0. The maximum atomic E-state index is 11.3. The molecule has 1 aromatic rings. The zero-order valence-electron chi connectivity index (χ0n) is 7.48. The third kappa shape index (κ3) is 1.59. The van der Waals surface area contributed by atoms with Gasteiger partial charge in [0.25, 0.3) is 11.8 Å². The first-order valence-electron chi connectivity index (χ1n) is 4.14. The summed E-state index contributed by atoms with van der Waals surface area (Å²) in [5, 5.41) is 9.50. The molecule has 4 nitrogen and oxygen atoms in total. The van der Waals surface area contributed by atoms with E-state index in [4.69, 9.17) is 11.6 Å². The first-order valence-corrected chi connectivity index (χ1v) is 4.52. The van der Waals surface area contributed by atoms with Gasteiger partial charge in [0, 0.05) is 18.2 Å². The molecule has 1 N–H and O–H groups in total. The van der Waals surface area contributed by atoms with Crippen LogP contribution in [0.1, 0.15) is 0 Å². The monoisotopic (exact) mass is 223 g/mol. The SMILES string of the molecule is O=C1C=CC(=O)N1c1ccc(Cl)c(O)c1. The quantitative estimate of drug-likeness (QED) is 0.734. The predicted molar refractivity (Wildman–Crippen MR) is 54.7 cm³/mol. The highest BCUT2D eigenvalue weighted by Gasteiger charge is 2.25. The molecule has 0 atom stereocenters. The molecular weight excluding hydrogens is 218 g/mol. The number of benzene rings is 1. The number of carbonyl (C=O) groups is 2. The van der Waals surface area contributed by atoms with Crippen LogP contribution in [0.4, 0.5) is 5.69 Å². The van der Waals surface area contributed by atoms with Crippen LogP contribution >= 0.6 is 11.6 Å². The van der Waals surface area contributed by atoms with Crippen LogP contribution in [0.3, 0.4) is 0 Å². The number of rotatable bonds is 1. The lowest BCUT2D eigenvalue weighted by molar-refractivity contribution is -0.119. The molecule has 0 unspecified atom stereocenters. The lowest BCUT2D eigenvalue weighted by Gasteiger charge is -2.13. The molecule has 0 saturated heterocycles. The van der Waals surface area contributed by atoms with Gasteiger partial charge in [-0.3, -0.25) is 9.59 Å². The number of hydrogen-bond acceptors (Lipinski definition) is 3. The van der Waals surface area contributed by atoms with Crippen molar-refractivity contribution in [2.75, 3.05) is 4.90 Å². The van der Waals surface area contributed by atoms with Crippen molar-refractivity contribution in [3.63, 3.8) is 0 Å². The number of halogens is 1. The summed E-state index contributed by atoms with van der Waals surface area (Å²) >= 11 is 5.61. The Morgan fingerprint density at radius 1 is 1.13 bits per heavy atom. The molecule has 5 heteroatoms. The van der Waals surface area contributed by atoms with E-state index >= 15 is 0 Å². The highest BCUT2D eigenvalue weighted by atomic mass is 35.5. The molecule has 0 aromatic heterocycles. The molecule has 1 aliphatic heterocycles. The van der Waals surface area contributed by atoms with Gasteiger partial charge in [-0.15, -0.1) is 0 Å². The Kier molecular flexibility index (Phi) is 2.21. The van der Waals surface area contributed by atoms with Gasteiger partial charge < -0.3 is 5.11 Å². The normalized spacial score (nSPS) is 15.1. The number of hydrogen-bond donors (Lipinski definition) is 1. The van der Waals surface area contributed by atoms with Gasteiger partial charge in [-0.1, -0.05) is 11.6 Å². The van der Waals surface area contributed by atoms with Crippen molar-refractivity contribution in [2.24, 2.45) is 0 Å². The summed E-state index contributed by atoms with van der Waals surface area (Å²) in [5.41, 5.74) is 0.303. The molecule has 0 spiro atoms. The van der Waals surface area contributed by atoms with Crippen LogP contribution in [-0.2, 0) is 9.59 Å². The molecule has 1 aliphatic rings. The average Bonchev–Trinajstić information content (AvgIpc) is 2.52. The standard InChI is InChI=1S/C10H6ClNO3/c11-7-2-1-6(5-8(7)13)12-9(14)3-4-10(12)15/h1-5,13H. The van der Waals surface area contributed by atoms with Gasteiger partial charge in [0.1, 0.15) is 5.75 Å². The Balaban J connectivity index is 2.42. The van der Waals surface area contributed by atoms with Gasteiger partial charge in [0.05, 0.1) is 10.7 Å². The van der Waals surface area contributed by atoms with E-state index in [1.165, 1.54) is 30.4 Å². The Bertz CT molecular complexity index is 464. The molecule has 0 saturated carbocycles. The smallest absolute Gasteiger partial charge is 0.258 e. The molecule has 2 amide bonds. The zero-order valence-corrected chi connectivity index (χ0v) is 8.23. The molecule has 2 rings (SSSR count). The van der Waals surface area contributed by atoms with Gasteiger partial charge in [-0.25, -0.2) is 4.90 Å². The Hall–Kier alpha value is -1.81. The second-order valence-corrected chi connectivity index (χ2v) is 3.39. The molecule has 0 bridgehead atoms. The van der Waals surface area contributed by atoms with Crippen molar-refractivity contribution < 1.29 is 14.7 Å². The van der Waals surface area contributed by atoms with Crippen LogP contribution < -0.4 is 4.90 Å². The molecule has 0 radical (unpaired) electrons. The summed E-state index contributed by atoms with van der Waals surface area (Å²) in [7, 11) is 0. The second-order valence-electron chi connectivity index (χ2n) is 2.98. The van der Waals surface area contributed by atoms with Crippen molar-refractivity contribution in [3.05, 3.63) is 35.4 Å². The van der Waals surface area contributed by atoms with E-state index in [2.05, 4.69) is 0 Å². The number of phenolic OH excluding ortho intramolecular Hbond substituents is 1. The van der Waals surface area contributed by atoms with E-state index in [9.17, 15) is 14.7 Å². The summed E-state index contributed by atoms with van der Waals surface area (Å²) in [6, 6.07) is 4.18. The maximum absolute atomic E-state index is 11.3. The molecule has 1 heterocycles. The first kappa shape index (κ1) is 9.73. The van der Waals surface area contributed by atoms with Crippen LogP contribution in [-0.4, -0.2) is 16.9 Å². The summed E-state index contributed by atoms with van der Waals surface area (Å²) < 4.78 is 0. The number of anilines is 1. The van der Waals surface area contributed by atoms with E-state index in [-0.39, 0.29) is 10.8 Å². The van der Waals surface area contributed by atoms with Gasteiger partial charge in [0.15, 0.2) is 0 Å². The fourth-order valence-electron chi connectivity index (χ4n) is 1.29. The Morgan fingerprint density at radius 3 is 2.27 bits per heavy atom. The second kappa shape index (κ2) is 3.40. The van der Waals surface area contributed by atoms with Crippen LogP contribution in [0, 0.1) is 0 Å². The van der Waals surface area contributed by atoms with Gasteiger partial charge in [0.2, 0.25) is 0 Å². The number of imide groups is 1. The average molecular weight is 224 g/mol. The number of carbonyl (C=O) groups excluding carboxylic acids is 2. The third-order valence-electron chi connectivity index (χ3n) is 2.00. The topological polar surface area (TPSA) is 57.6 Å². The van der Waals surface area contributed by atoms with E-state index in [0.717, 1.165) is 4.90 Å². The minimum absolute atomic E-state index is 0.165. The summed E-state index contributed by atoms with van der Waals surface area (Å²) in [6.07, 6.45) is 2.35. The number of phenols is 1. The van der Waals surface area contributed by atoms with Gasteiger partial charge in [-0.05, 0) is 12.1 Å². The number of nitrogens with zero attached hydrogens (tertiary/aromatic N) is 1. The molecule has 0 aliphatic carbocycles. The molecular formula is C10H6ClNO3. The molecule has 15 heavy (non-hydrogen) atoms. The lowest BCUT2D eigenvalue weighted by Crippen LogP contribution is -2.29. The molecule has 76 valence electrons. The van der Waals surface area contributed by atoms with E-state index in [0.29, 0.717) is 5.69 Å². The predicted octanol–water partition coefficient (Wildman–Crippen LogP) is 1.47. The van der Waals surface area contributed by atoms with Crippen LogP contribution in [0.2, 0.25) is 5.02 Å². The highest BCUT2D eigenvalue weighted by Crippen LogP contribution is 2.29. The maximum Gasteiger partial charge on any atom is 0.258 e. The summed E-state index contributed by atoms with van der Waals surface area (Å²) in [5.74, 6) is -1.02. The Morgan fingerprint density at radius 2 is 1.73 bits per heavy atom. The zero-order chi connectivity index (χ0) is 11.0. The number of aromatic hydroxyl groups is 1. The summed E-state index contributed by atoms with van der Waals surface area (Å²) in [6.45, 7) is 0. The van der Waals surface area contributed by atoms with Gasteiger partial charge in [-0.2, -0.15) is 0 Å². The Labute approximate surface area is 90.4 Å². The van der Waals surface area contributed by atoms with Crippen molar-refractivity contribution >= 4 is 29.1 Å². The molecule has 0 fully saturated rings. The third-order valence-corrected chi connectivity index (χ3v) is 2.32. The van der Waals surface area contributed by atoms with Crippen LogP contribution in [0.5, 0.6) is 5.75 Å². The largest absolute Gasteiger partial charge is 0.506 e. The molecule has 1 aromatic carbocycles. The van der Waals surface area contributed by atoms with Crippen molar-refractivity contribution in [2.45, 2.75) is 0 Å². The lowest BCUT2D eigenvalue weighted by atomic mass is 10.2. The van der Waals surface area contributed by atoms with Crippen LogP contribution in [0.25, 0.3) is 0 Å². The van der Waals surface area contributed by atoms with E-state index in [1.807, 2.05) is 0 Å². The van der Waals surface area contributed by atoms with Crippen molar-refractivity contribution in [1.29, 1.82) is 0 Å². The van der Waals surface area contributed by atoms with E-state index < -0.39 is 11.8 Å².